The molecule has 2 amide bonds. The predicted octanol–water partition coefficient (Wildman–Crippen LogP) is 5.60. The van der Waals surface area contributed by atoms with Crippen molar-refractivity contribution in [1.29, 1.82) is 0 Å². The number of anilines is 2. The van der Waals surface area contributed by atoms with Gasteiger partial charge in [-0.15, -0.1) is 11.8 Å². The van der Waals surface area contributed by atoms with E-state index in [1.807, 2.05) is 73.7 Å². The number of nitrogens with zero attached hydrogens (tertiary/aromatic N) is 1. The van der Waals surface area contributed by atoms with E-state index >= 15 is 0 Å². The minimum absolute atomic E-state index is 0.0141. The van der Waals surface area contributed by atoms with Crippen LogP contribution in [0.2, 0.25) is 0 Å². The molecule has 0 unspecified atom stereocenters. The third-order valence-corrected chi connectivity index (χ3v) is 6.76. The Morgan fingerprint density at radius 2 is 1.88 bits per heavy atom. The van der Waals surface area contributed by atoms with Crippen LogP contribution in [0.1, 0.15) is 39.3 Å². The van der Waals surface area contributed by atoms with Gasteiger partial charge in [-0.1, -0.05) is 43.3 Å². The second kappa shape index (κ2) is 9.49. The summed E-state index contributed by atoms with van der Waals surface area (Å²) in [6.45, 7) is 4.07. The molecule has 5 nitrogen and oxygen atoms in total. The average molecular weight is 447 g/mol. The highest BCUT2D eigenvalue weighted by molar-refractivity contribution is 8.00. The molecule has 0 saturated carbocycles. The molecule has 1 aliphatic heterocycles. The van der Waals surface area contributed by atoms with Crippen LogP contribution in [0.4, 0.5) is 11.4 Å². The number of amides is 2. The number of rotatable bonds is 6. The van der Waals surface area contributed by atoms with Gasteiger partial charge in [0.25, 0.3) is 5.91 Å². The summed E-state index contributed by atoms with van der Waals surface area (Å²) in [4.78, 5) is 27.6. The van der Waals surface area contributed by atoms with E-state index in [4.69, 9.17) is 4.74 Å². The molecule has 4 rings (SSSR count). The maximum Gasteiger partial charge on any atom is 0.255 e. The first-order valence-electron chi connectivity index (χ1n) is 10.6. The second-order valence-electron chi connectivity index (χ2n) is 7.69. The molecule has 1 saturated heterocycles. The Balaban J connectivity index is 1.67. The number of methoxy groups -OCH3 is 1. The Morgan fingerprint density at radius 3 is 2.59 bits per heavy atom. The molecule has 3 aromatic rings. The number of para-hydroxylation sites is 1. The molecule has 1 heterocycles. The van der Waals surface area contributed by atoms with Crippen LogP contribution in [0, 0.1) is 6.92 Å². The maximum absolute atomic E-state index is 12.9. The van der Waals surface area contributed by atoms with Gasteiger partial charge in [-0.3, -0.25) is 14.5 Å². The molecule has 1 N–H and O–H groups in total. The fourth-order valence-corrected chi connectivity index (χ4v) is 5.02. The zero-order valence-corrected chi connectivity index (χ0v) is 19.2. The van der Waals surface area contributed by atoms with Gasteiger partial charge in [0.1, 0.15) is 11.1 Å². The first-order chi connectivity index (χ1) is 15.5. The van der Waals surface area contributed by atoms with Crippen molar-refractivity contribution in [2.45, 2.75) is 25.6 Å². The SMILES string of the molecule is CCc1ccc(C(=O)Nc2ccccc2[C@@H]2SCC(=O)N2c2cc(C)ccc2OC)cc1. The topological polar surface area (TPSA) is 58.6 Å². The standard InChI is InChI=1S/C26H26N2O3S/c1-4-18-10-12-19(13-11-18)25(30)27-21-8-6-5-7-20(21)26-28(24(29)16-32-26)22-15-17(2)9-14-23(22)31-3/h5-15,26H,4,16H2,1-3H3,(H,27,30)/t26-/m0/s1. The third-order valence-electron chi connectivity index (χ3n) is 5.56. The number of carbonyl (C=O) groups is 2. The molecule has 0 aromatic heterocycles. The number of benzene rings is 3. The Kier molecular flexibility index (Phi) is 6.51. The second-order valence-corrected chi connectivity index (χ2v) is 8.76. The molecule has 0 radical (unpaired) electrons. The summed E-state index contributed by atoms with van der Waals surface area (Å²) in [5, 5.41) is 2.78. The van der Waals surface area contributed by atoms with Gasteiger partial charge in [-0.05, 0) is 54.8 Å². The van der Waals surface area contributed by atoms with Crippen LogP contribution in [-0.4, -0.2) is 24.7 Å². The average Bonchev–Trinajstić information content (AvgIpc) is 3.20. The number of hydrogen-bond acceptors (Lipinski definition) is 4. The van der Waals surface area contributed by atoms with E-state index in [0.717, 1.165) is 23.2 Å². The zero-order chi connectivity index (χ0) is 22.7. The zero-order valence-electron chi connectivity index (χ0n) is 18.4. The molecule has 0 aliphatic carbocycles. The van der Waals surface area contributed by atoms with Gasteiger partial charge in [-0.25, -0.2) is 0 Å². The minimum atomic E-state index is -0.267. The molecule has 1 aliphatic rings. The van der Waals surface area contributed by atoms with E-state index in [9.17, 15) is 9.59 Å². The summed E-state index contributed by atoms with van der Waals surface area (Å²) in [5.41, 5.74) is 5.14. The van der Waals surface area contributed by atoms with Gasteiger partial charge in [0, 0.05) is 16.8 Å². The number of ether oxygens (including phenoxy) is 1. The van der Waals surface area contributed by atoms with Crippen molar-refractivity contribution in [2.24, 2.45) is 0 Å². The molecule has 0 bridgehead atoms. The van der Waals surface area contributed by atoms with Crippen LogP contribution in [0.15, 0.2) is 66.7 Å². The lowest BCUT2D eigenvalue weighted by molar-refractivity contribution is -0.115. The fourth-order valence-electron chi connectivity index (χ4n) is 3.82. The van der Waals surface area contributed by atoms with Crippen molar-refractivity contribution >= 4 is 35.0 Å². The number of thioether (sulfide) groups is 1. The monoisotopic (exact) mass is 446 g/mol. The summed E-state index contributed by atoms with van der Waals surface area (Å²) >= 11 is 1.54. The van der Waals surface area contributed by atoms with E-state index in [1.165, 1.54) is 5.56 Å². The molecule has 1 fully saturated rings. The van der Waals surface area contributed by atoms with E-state index in [-0.39, 0.29) is 17.2 Å². The van der Waals surface area contributed by atoms with Crippen molar-refractivity contribution in [3.63, 3.8) is 0 Å². The van der Waals surface area contributed by atoms with Gasteiger partial charge in [0.05, 0.1) is 18.6 Å². The van der Waals surface area contributed by atoms with E-state index in [1.54, 1.807) is 23.8 Å². The Bertz CT molecular complexity index is 1140. The molecular weight excluding hydrogens is 420 g/mol. The first-order valence-corrected chi connectivity index (χ1v) is 11.6. The number of hydrogen-bond donors (Lipinski definition) is 1. The summed E-state index contributed by atoms with van der Waals surface area (Å²) in [5.74, 6) is 0.853. The molecule has 6 heteroatoms. The number of carbonyl (C=O) groups excluding carboxylic acids is 2. The van der Waals surface area contributed by atoms with Crippen LogP contribution in [-0.2, 0) is 11.2 Å². The molecule has 0 spiro atoms. The normalized spacial score (nSPS) is 15.7. The molecule has 1 atom stereocenters. The van der Waals surface area contributed by atoms with Crippen LogP contribution < -0.4 is 15.0 Å². The van der Waals surface area contributed by atoms with Gasteiger partial charge in [-0.2, -0.15) is 0 Å². The summed E-state index contributed by atoms with van der Waals surface area (Å²) in [6.07, 6.45) is 0.927. The quantitative estimate of drug-likeness (QED) is 0.536. The minimum Gasteiger partial charge on any atom is -0.495 e. The number of aryl methyl sites for hydroxylation is 2. The highest BCUT2D eigenvalue weighted by Gasteiger charge is 2.37. The summed E-state index contributed by atoms with van der Waals surface area (Å²) in [7, 11) is 1.61. The van der Waals surface area contributed by atoms with Crippen molar-refractivity contribution < 1.29 is 14.3 Å². The van der Waals surface area contributed by atoms with Crippen LogP contribution in [0.25, 0.3) is 0 Å². The molecule has 32 heavy (non-hydrogen) atoms. The molecular formula is C26H26N2O3S. The summed E-state index contributed by atoms with van der Waals surface area (Å²) < 4.78 is 5.54. The lowest BCUT2D eigenvalue weighted by Crippen LogP contribution is -2.29. The first kappa shape index (κ1) is 22.0. The summed E-state index contributed by atoms with van der Waals surface area (Å²) in [6, 6.07) is 21.1. The van der Waals surface area contributed by atoms with Crippen LogP contribution in [0.3, 0.4) is 0 Å². The lowest BCUT2D eigenvalue weighted by atomic mass is 10.1. The van der Waals surface area contributed by atoms with Crippen molar-refractivity contribution in [2.75, 3.05) is 23.1 Å². The maximum atomic E-state index is 12.9. The highest BCUT2D eigenvalue weighted by atomic mass is 32.2. The van der Waals surface area contributed by atoms with E-state index < -0.39 is 0 Å². The van der Waals surface area contributed by atoms with E-state index in [0.29, 0.717) is 22.8 Å². The largest absolute Gasteiger partial charge is 0.495 e. The van der Waals surface area contributed by atoms with E-state index in [2.05, 4.69) is 12.2 Å². The van der Waals surface area contributed by atoms with Crippen molar-refractivity contribution in [3.05, 3.63) is 89.0 Å². The molecule has 164 valence electrons. The van der Waals surface area contributed by atoms with Gasteiger partial charge in [0.2, 0.25) is 5.91 Å². The smallest absolute Gasteiger partial charge is 0.255 e. The van der Waals surface area contributed by atoms with Gasteiger partial charge in [0.15, 0.2) is 0 Å². The van der Waals surface area contributed by atoms with Crippen molar-refractivity contribution in [1.82, 2.24) is 0 Å². The van der Waals surface area contributed by atoms with Gasteiger partial charge >= 0.3 is 0 Å². The van der Waals surface area contributed by atoms with Crippen molar-refractivity contribution in [3.8, 4) is 5.75 Å². The predicted molar refractivity (Wildman–Crippen MR) is 131 cm³/mol. The highest BCUT2D eigenvalue weighted by Crippen LogP contribution is 2.46. The van der Waals surface area contributed by atoms with Crippen LogP contribution in [0.5, 0.6) is 5.75 Å². The number of nitrogens with one attached hydrogen (secondary N) is 1. The third kappa shape index (κ3) is 4.36. The molecule has 3 aromatic carbocycles. The Hall–Kier alpha value is -3.25. The van der Waals surface area contributed by atoms with Gasteiger partial charge < -0.3 is 10.1 Å². The Labute approximate surface area is 192 Å². The lowest BCUT2D eigenvalue weighted by Gasteiger charge is -2.27. The fraction of sp³-hybridized carbons (Fsp3) is 0.231. The Morgan fingerprint density at radius 1 is 1.12 bits per heavy atom. The van der Waals surface area contributed by atoms with Crippen LogP contribution >= 0.6 is 11.8 Å².